The largest absolute Gasteiger partial charge is 0.493 e. The third kappa shape index (κ3) is 10.8. The number of rotatable bonds is 15. The van der Waals surface area contributed by atoms with Crippen molar-refractivity contribution in [3.63, 3.8) is 0 Å². The summed E-state index contributed by atoms with van der Waals surface area (Å²) in [6.45, 7) is 0.736. The predicted octanol–water partition coefficient (Wildman–Crippen LogP) is -0.384. The summed E-state index contributed by atoms with van der Waals surface area (Å²) < 4.78 is 10.7. The molecule has 1 unspecified atom stereocenters. The van der Waals surface area contributed by atoms with Crippen molar-refractivity contribution in [1.29, 1.82) is 0 Å². The molecule has 2 aromatic carbocycles. The lowest BCUT2D eigenvalue weighted by molar-refractivity contribution is -0.127. The molecule has 34 heavy (non-hydrogen) atoms. The highest BCUT2D eigenvalue weighted by Crippen LogP contribution is 2.25. The van der Waals surface area contributed by atoms with E-state index in [9.17, 15) is 19.5 Å². The Kier molecular flexibility index (Phi) is 11.9. The van der Waals surface area contributed by atoms with Crippen LogP contribution >= 0.6 is 0 Å². The molecule has 0 saturated heterocycles. The molecule has 2 rings (SSSR count). The van der Waals surface area contributed by atoms with Crippen molar-refractivity contribution in [2.45, 2.75) is 12.5 Å². The van der Waals surface area contributed by atoms with E-state index in [-0.39, 0.29) is 44.5 Å². The van der Waals surface area contributed by atoms with Crippen LogP contribution in [0, 0.1) is 0 Å². The molecule has 0 saturated carbocycles. The maximum Gasteiger partial charge on any atom is 0.239 e. The number of benzene rings is 2. The minimum Gasteiger partial charge on any atom is -0.493 e. The third-order valence-corrected chi connectivity index (χ3v) is 4.60. The van der Waals surface area contributed by atoms with Crippen LogP contribution in [0.25, 0.3) is 0 Å². The van der Waals surface area contributed by atoms with E-state index in [1.54, 1.807) is 19.2 Å². The van der Waals surface area contributed by atoms with E-state index in [0.29, 0.717) is 24.6 Å². The number of hydrogen-bond donors (Lipinski definition) is 5. The molecule has 0 fully saturated rings. The van der Waals surface area contributed by atoms with Gasteiger partial charge < -0.3 is 35.8 Å². The Morgan fingerprint density at radius 3 is 2.15 bits per heavy atom. The summed E-state index contributed by atoms with van der Waals surface area (Å²) in [6, 6.07) is 16.4. The van der Waals surface area contributed by atoms with E-state index in [4.69, 9.17) is 9.47 Å². The normalized spacial score (nSPS) is 11.2. The van der Waals surface area contributed by atoms with E-state index >= 15 is 0 Å². The number of para-hydroxylation sites is 2. The molecule has 0 aliphatic carbocycles. The standard InChI is InChI=1S/C24H32N4O6/c1-33-20-9-5-6-10-21(20)34-17-19(29)14-25-11-12-26-23(31)15-28-24(32)16-27-22(30)13-18-7-3-2-4-8-18/h2-10,19,25,29H,11-17H2,1H3,(H,26,31)(H,27,30)(H,28,32). The van der Waals surface area contributed by atoms with Crippen LogP contribution in [0.1, 0.15) is 5.56 Å². The Morgan fingerprint density at radius 2 is 1.44 bits per heavy atom. The van der Waals surface area contributed by atoms with Gasteiger partial charge in [-0.25, -0.2) is 0 Å². The molecule has 1 atom stereocenters. The maximum atomic E-state index is 11.8. The van der Waals surface area contributed by atoms with E-state index in [0.717, 1.165) is 5.56 Å². The number of nitrogens with one attached hydrogen (secondary N) is 4. The Labute approximate surface area is 199 Å². The van der Waals surface area contributed by atoms with E-state index in [2.05, 4.69) is 21.3 Å². The summed E-state index contributed by atoms with van der Waals surface area (Å²) in [5.41, 5.74) is 0.852. The van der Waals surface area contributed by atoms with Crippen LogP contribution in [0.2, 0.25) is 0 Å². The van der Waals surface area contributed by atoms with Crippen LogP contribution in [0.4, 0.5) is 0 Å². The van der Waals surface area contributed by atoms with Gasteiger partial charge in [0.25, 0.3) is 0 Å². The van der Waals surface area contributed by atoms with Gasteiger partial charge >= 0.3 is 0 Å². The van der Waals surface area contributed by atoms with Gasteiger partial charge in [-0.05, 0) is 17.7 Å². The zero-order chi connectivity index (χ0) is 24.6. The molecule has 0 heterocycles. The first kappa shape index (κ1) is 26.6. The second kappa shape index (κ2) is 15.3. The summed E-state index contributed by atoms with van der Waals surface area (Å²) in [4.78, 5) is 35.5. The topological polar surface area (TPSA) is 138 Å². The molecule has 184 valence electrons. The van der Waals surface area contributed by atoms with Gasteiger partial charge in [0, 0.05) is 19.6 Å². The number of carbonyl (C=O) groups is 3. The first-order chi connectivity index (χ1) is 16.5. The van der Waals surface area contributed by atoms with E-state index < -0.39 is 12.0 Å². The highest BCUT2D eigenvalue weighted by molar-refractivity contribution is 5.88. The van der Waals surface area contributed by atoms with Crippen LogP contribution in [0.5, 0.6) is 11.5 Å². The van der Waals surface area contributed by atoms with E-state index in [1.807, 2.05) is 42.5 Å². The zero-order valence-corrected chi connectivity index (χ0v) is 19.2. The molecule has 3 amide bonds. The van der Waals surface area contributed by atoms with Gasteiger partial charge in [-0.1, -0.05) is 42.5 Å². The number of aliphatic hydroxyl groups excluding tert-OH is 1. The summed E-state index contributed by atoms with van der Waals surface area (Å²) in [6.07, 6.45) is -0.555. The highest BCUT2D eigenvalue weighted by atomic mass is 16.5. The average molecular weight is 473 g/mol. The van der Waals surface area contributed by atoms with Gasteiger partial charge in [0.15, 0.2) is 11.5 Å². The summed E-state index contributed by atoms with van der Waals surface area (Å²) in [7, 11) is 1.55. The van der Waals surface area contributed by atoms with Gasteiger partial charge in [-0.2, -0.15) is 0 Å². The van der Waals surface area contributed by atoms with Crippen molar-refractivity contribution in [1.82, 2.24) is 21.3 Å². The number of carbonyl (C=O) groups excluding carboxylic acids is 3. The van der Waals surface area contributed by atoms with Crippen molar-refractivity contribution in [3.8, 4) is 11.5 Å². The summed E-state index contributed by atoms with van der Waals surface area (Å²) in [5.74, 6) is 0.0622. The number of amides is 3. The molecule has 0 bridgehead atoms. The van der Waals surface area contributed by atoms with Crippen molar-refractivity contribution in [2.24, 2.45) is 0 Å². The average Bonchev–Trinajstić information content (AvgIpc) is 2.85. The van der Waals surface area contributed by atoms with Crippen LogP contribution in [0.3, 0.4) is 0 Å². The predicted molar refractivity (Wildman–Crippen MR) is 127 cm³/mol. The van der Waals surface area contributed by atoms with Crippen LogP contribution in [-0.2, 0) is 20.8 Å². The number of ether oxygens (including phenoxy) is 2. The first-order valence-corrected chi connectivity index (χ1v) is 11.0. The Bertz CT molecular complexity index is 909. The quantitative estimate of drug-likeness (QED) is 0.223. The van der Waals surface area contributed by atoms with Gasteiger partial charge in [0.2, 0.25) is 17.7 Å². The molecule has 0 aliphatic heterocycles. The fourth-order valence-corrected chi connectivity index (χ4v) is 2.87. The van der Waals surface area contributed by atoms with Crippen molar-refractivity contribution >= 4 is 17.7 Å². The smallest absolute Gasteiger partial charge is 0.239 e. The molecule has 0 aliphatic rings. The number of aliphatic hydroxyl groups is 1. The van der Waals surface area contributed by atoms with Crippen molar-refractivity contribution < 1.29 is 29.0 Å². The van der Waals surface area contributed by atoms with Crippen molar-refractivity contribution in [2.75, 3.05) is 46.4 Å². The van der Waals surface area contributed by atoms with Crippen molar-refractivity contribution in [3.05, 3.63) is 60.2 Å². The van der Waals surface area contributed by atoms with Gasteiger partial charge in [-0.3, -0.25) is 14.4 Å². The lowest BCUT2D eigenvalue weighted by Crippen LogP contribution is -2.43. The molecule has 2 aromatic rings. The van der Waals surface area contributed by atoms with Gasteiger partial charge in [0.05, 0.1) is 26.6 Å². The van der Waals surface area contributed by atoms with Crippen LogP contribution < -0.4 is 30.7 Å². The van der Waals surface area contributed by atoms with Gasteiger partial charge in [0.1, 0.15) is 12.7 Å². The SMILES string of the molecule is COc1ccccc1OCC(O)CNCCNC(=O)CNC(=O)CNC(=O)Cc1ccccc1. The molecular weight excluding hydrogens is 440 g/mol. The molecule has 0 spiro atoms. The van der Waals surface area contributed by atoms with Crippen LogP contribution in [0.15, 0.2) is 54.6 Å². The van der Waals surface area contributed by atoms with Gasteiger partial charge in [-0.15, -0.1) is 0 Å². The lowest BCUT2D eigenvalue weighted by Gasteiger charge is -2.15. The fraction of sp³-hybridized carbons (Fsp3) is 0.375. The fourth-order valence-electron chi connectivity index (χ4n) is 2.87. The lowest BCUT2D eigenvalue weighted by atomic mass is 10.1. The molecule has 0 aromatic heterocycles. The second-order valence-corrected chi connectivity index (χ2v) is 7.39. The highest BCUT2D eigenvalue weighted by Gasteiger charge is 2.10. The first-order valence-electron chi connectivity index (χ1n) is 11.0. The zero-order valence-electron chi connectivity index (χ0n) is 19.2. The molecule has 5 N–H and O–H groups in total. The molecule has 0 radical (unpaired) electrons. The summed E-state index contributed by atoms with van der Waals surface area (Å²) in [5, 5.41) is 20.6. The second-order valence-electron chi connectivity index (χ2n) is 7.39. The monoisotopic (exact) mass is 472 g/mol. The minimum absolute atomic E-state index is 0.0909. The Balaban J connectivity index is 1.48. The number of hydrogen-bond acceptors (Lipinski definition) is 7. The molecule has 10 nitrogen and oxygen atoms in total. The molecule has 10 heteroatoms. The Hall–Kier alpha value is -3.63. The maximum absolute atomic E-state index is 11.8. The van der Waals surface area contributed by atoms with Crippen LogP contribution in [-0.4, -0.2) is 75.4 Å². The third-order valence-electron chi connectivity index (χ3n) is 4.60. The Morgan fingerprint density at radius 1 is 0.824 bits per heavy atom. The van der Waals surface area contributed by atoms with E-state index in [1.165, 1.54) is 0 Å². The molecular formula is C24H32N4O6. The minimum atomic E-state index is -0.739. The number of methoxy groups -OCH3 is 1. The summed E-state index contributed by atoms with van der Waals surface area (Å²) >= 11 is 0.